The third kappa shape index (κ3) is 3.95. The molecule has 0 saturated heterocycles. The zero-order chi connectivity index (χ0) is 27.4. The summed E-state index contributed by atoms with van der Waals surface area (Å²) in [6, 6.07) is 2.68. The van der Waals surface area contributed by atoms with E-state index in [1.807, 2.05) is 32.0 Å². The predicted molar refractivity (Wildman–Crippen MR) is 139 cm³/mol. The highest BCUT2D eigenvalue weighted by Crippen LogP contribution is 2.53. The van der Waals surface area contributed by atoms with Gasteiger partial charge >= 0.3 is 0 Å². The van der Waals surface area contributed by atoms with Gasteiger partial charge in [-0.05, 0) is 63.9 Å². The molecule has 4 unspecified atom stereocenters. The van der Waals surface area contributed by atoms with Crippen LogP contribution in [0.15, 0.2) is 29.0 Å². The number of hydrogen-bond donors (Lipinski definition) is 3. The Morgan fingerprint density at radius 3 is 2.41 bits per heavy atom. The maximum Gasteiger partial charge on any atom is 0.202 e. The van der Waals surface area contributed by atoms with E-state index >= 15 is 0 Å². The predicted octanol–water partition coefficient (Wildman–Crippen LogP) is 2.61. The molecule has 1 aromatic carbocycles. The average Bonchev–Trinajstić information content (AvgIpc) is 2.81. The van der Waals surface area contributed by atoms with Gasteiger partial charge in [0.25, 0.3) is 0 Å². The number of hydrogen-bond acceptors (Lipinski definition) is 9. The van der Waals surface area contributed by atoms with Gasteiger partial charge in [0.2, 0.25) is 5.78 Å². The first kappa shape index (κ1) is 26.9. The van der Waals surface area contributed by atoms with E-state index in [1.165, 1.54) is 0 Å². The van der Waals surface area contributed by atoms with Gasteiger partial charge in [-0.3, -0.25) is 19.3 Å². The quantitative estimate of drug-likeness (QED) is 0.373. The van der Waals surface area contributed by atoms with Crippen LogP contribution in [-0.4, -0.2) is 84.0 Å². The molecule has 9 nitrogen and oxygen atoms in total. The van der Waals surface area contributed by atoms with Crippen LogP contribution < -0.4 is 9.64 Å². The molecule has 0 radical (unpaired) electrons. The molecule has 0 aliphatic heterocycles. The highest BCUT2D eigenvalue weighted by Gasteiger charge is 2.64. The highest BCUT2D eigenvalue weighted by molar-refractivity contribution is 6.25. The van der Waals surface area contributed by atoms with Gasteiger partial charge in [-0.15, -0.1) is 0 Å². The van der Waals surface area contributed by atoms with E-state index in [0.717, 1.165) is 31.0 Å². The molecule has 4 rings (SSSR count). The largest absolute Gasteiger partial charge is 0.508 e. The standard InChI is InChI=1S/C28H36N2O7/c1-7-8-11-37-19-10-9-18(29(3)4)16-12-15-13-17-23(30(5)6)25(33)20(14(2)31)26(34)28(17,36)27(35)21(15)24(32)22(16)19/h9-10,15,17,23,32,34,36H,7-8,11-13H2,1-6H3. The molecule has 4 atom stereocenters. The van der Waals surface area contributed by atoms with Crippen LogP contribution in [0.25, 0.3) is 5.76 Å². The Bertz CT molecular complexity index is 1230. The van der Waals surface area contributed by atoms with Crippen molar-refractivity contribution in [3.05, 3.63) is 40.2 Å². The van der Waals surface area contributed by atoms with Crippen molar-refractivity contribution in [3.63, 3.8) is 0 Å². The number of aliphatic hydroxyl groups is 3. The Morgan fingerprint density at radius 1 is 1.16 bits per heavy atom. The van der Waals surface area contributed by atoms with Crippen LogP contribution in [0.2, 0.25) is 0 Å². The fourth-order valence-electron chi connectivity index (χ4n) is 6.18. The summed E-state index contributed by atoms with van der Waals surface area (Å²) in [5.74, 6) is -4.53. The van der Waals surface area contributed by atoms with Gasteiger partial charge in [-0.25, -0.2) is 0 Å². The molecular formula is C28H36N2O7. The first-order valence-electron chi connectivity index (χ1n) is 12.7. The minimum atomic E-state index is -2.51. The summed E-state index contributed by atoms with van der Waals surface area (Å²) in [7, 11) is 7.05. The molecule has 1 fully saturated rings. The molecule has 0 heterocycles. The van der Waals surface area contributed by atoms with Crippen LogP contribution in [0.5, 0.6) is 5.75 Å². The number of fused-ring (bicyclic) bond motifs is 3. The fraction of sp³-hybridized carbons (Fsp3) is 0.536. The maximum absolute atomic E-state index is 14.0. The molecule has 0 aromatic heterocycles. The zero-order valence-corrected chi connectivity index (χ0v) is 22.3. The molecule has 0 spiro atoms. The second kappa shape index (κ2) is 9.61. The van der Waals surface area contributed by atoms with Crippen molar-refractivity contribution < 1.29 is 34.4 Å². The lowest BCUT2D eigenvalue weighted by molar-refractivity contribution is -0.153. The minimum Gasteiger partial charge on any atom is -0.508 e. The van der Waals surface area contributed by atoms with E-state index in [0.29, 0.717) is 24.3 Å². The van der Waals surface area contributed by atoms with Crippen molar-refractivity contribution in [3.8, 4) is 5.75 Å². The van der Waals surface area contributed by atoms with E-state index in [2.05, 4.69) is 0 Å². The highest BCUT2D eigenvalue weighted by atomic mass is 16.5. The number of ether oxygens (including phenoxy) is 1. The van der Waals surface area contributed by atoms with Crippen molar-refractivity contribution in [2.24, 2.45) is 11.8 Å². The summed E-state index contributed by atoms with van der Waals surface area (Å²) in [6.45, 7) is 3.60. The fourth-order valence-corrected chi connectivity index (χ4v) is 6.18. The van der Waals surface area contributed by atoms with Gasteiger partial charge in [-0.1, -0.05) is 13.3 Å². The number of rotatable bonds is 7. The normalized spacial score (nSPS) is 27.2. The lowest BCUT2D eigenvalue weighted by Crippen LogP contribution is -2.65. The van der Waals surface area contributed by atoms with Gasteiger partial charge in [0.05, 0.1) is 18.2 Å². The molecule has 3 aliphatic carbocycles. The molecule has 1 saturated carbocycles. The third-order valence-electron chi connectivity index (χ3n) is 7.91. The first-order chi connectivity index (χ1) is 17.4. The smallest absolute Gasteiger partial charge is 0.202 e. The van der Waals surface area contributed by atoms with Crippen LogP contribution in [0.3, 0.4) is 0 Å². The number of Topliss-reactive ketones (excluding diaryl/α,β-unsaturated/α-hetero) is 3. The van der Waals surface area contributed by atoms with E-state index in [4.69, 9.17) is 4.74 Å². The van der Waals surface area contributed by atoms with Crippen LogP contribution in [0.4, 0.5) is 5.69 Å². The Balaban J connectivity index is 1.95. The Kier molecular flexibility index (Phi) is 6.98. The van der Waals surface area contributed by atoms with E-state index < -0.39 is 52.2 Å². The molecule has 3 N–H and O–H groups in total. The first-order valence-corrected chi connectivity index (χ1v) is 12.7. The van der Waals surface area contributed by atoms with Gasteiger partial charge < -0.3 is 25.0 Å². The van der Waals surface area contributed by atoms with Crippen molar-refractivity contribution in [1.29, 1.82) is 0 Å². The van der Waals surface area contributed by atoms with Crippen LogP contribution in [0.1, 0.15) is 44.2 Å². The number of nitrogens with zero attached hydrogens (tertiary/aromatic N) is 2. The van der Waals surface area contributed by atoms with Crippen molar-refractivity contribution >= 4 is 28.8 Å². The lowest BCUT2D eigenvalue weighted by Gasteiger charge is -2.50. The maximum atomic E-state index is 14.0. The zero-order valence-electron chi connectivity index (χ0n) is 22.3. The summed E-state index contributed by atoms with van der Waals surface area (Å²) in [6.07, 6.45) is 2.27. The van der Waals surface area contributed by atoms with Crippen molar-refractivity contribution in [2.45, 2.75) is 51.2 Å². The number of anilines is 1. The Morgan fingerprint density at radius 2 is 1.84 bits per heavy atom. The summed E-state index contributed by atoms with van der Waals surface area (Å²) in [5, 5.41) is 34.4. The Hall–Kier alpha value is -3.17. The SMILES string of the molecule is CCCCOc1ccc(N(C)C)c2c1C(O)=C1C(=O)C3(O)C(O)=C(C(C)=O)C(=O)C(N(C)C)C3CC1C2. The minimum absolute atomic E-state index is 0.0104. The van der Waals surface area contributed by atoms with Gasteiger partial charge in [0.15, 0.2) is 17.2 Å². The van der Waals surface area contributed by atoms with E-state index in [9.17, 15) is 29.7 Å². The number of carbonyl (C=O) groups excluding carboxylic acids is 3. The topological polar surface area (TPSA) is 128 Å². The van der Waals surface area contributed by atoms with Crippen molar-refractivity contribution in [2.75, 3.05) is 39.7 Å². The monoisotopic (exact) mass is 512 g/mol. The van der Waals surface area contributed by atoms with Gasteiger partial charge in [0, 0.05) is 31.3 Å². The molecule has 0 amide bonds. The van der Waals surface area contributed by atoms with Crippen LogP contribution in [0, 0.1) is 11.8 Å². The molecule has 37 heavy (non-hydrogen) atoms. The average molecular weight is 513 g/mol. The molecular weight excluding hydrogens is 476 g/mol. The molecule has 200 valence electrons. The summed E-state index contributed by atoms with van der Waals surface area (Å²) in [4.78, 5) is 43.1. The number of carbonyl (C=O) groups is 3. The van der Waals surface area contributed by atoms with Gasteiger partial charge in [-0.2, -0.15) is 0 Å². The molecule has 0 bridgehead atoms. The van der Waals surface area contributed by atoms with Crippen molar-refractivity contribution in [1.82, 2.24) is 4.90 Å². The number of ketones is 3. The lowest BCUT2D eigenvalue weighted by atomic mass is 9.57. The second-order valence-electron chi connectivity index (χ2n) is 10.7. The summed E-state index contributed by atoms with van der Waals surface area (Å²) in [5.41, 5.74) is -1.01. The second-order valence-corrected chi connectivity index (χ2v) is 10.7. The van der Waals surface area contributed by atoms with E-state index in [1.54, 1.807) is 25.1 Å². The summed E-state index contributed by atoms with van der Waals surface area (Å²) < 4.78 is 5.99. The van der Waals surface area contributed by atoms with Crippen LogP contribution >= 0.6 is 0 Å². The van der Waals surface area contributed by atoms with E-state index in [-0.39, 0.29) is 17.8 Å². The number of unbranched alkanes of at least 4 members (excludes halogenated alkanes) is 1. The Labute approximate surface area is 217 Å². The van der Waals surface area contributed by atoms with Gasteiger partial charge in [0.1, 0.15) is 22.8 Å². The van der Waals surface area contributed by atoms with Crippen LogP contribution in [-0.2, 0) is 20.8 Å². The number of aliphatic hydroxyl groups excluding tert-OH is 2. The number of benzene rings is 1. The molecule has 9 heteroatoms. The number of likely N-dealkylation sites (N-methyl/N-ethyl adjacent to an activating group) is 1. The third-order valence-corrected chi connectivity index (χ3v) is 7.91. The molecule has 1 aromatic rings. The summed E-state index contributed by atoms with van der Waals surface area (Å²) >= 11 is 0. The molecule has 3 aliphatic rings.